The third-order valence-electron chi connectivity index (χ3n) is 4.86. The average molecular weight is 368 g/mol. The predicted octanol–water partition coefficient (Wildman–Crippen LogP) is 0.955. The van der Waals surface area contributed by atoms with Crippen molar-refractivity contribution < 1.29 is 24.2 Å². The van der Waals surface area contributed by atoms with Gasteiger partial charge < -0.3 is 20.5 Å². The fraction of sp³-hybridized carbons (Fsp3) is 0.737. The van der Waals surface area contributed by atoms with Gasteiger partial charge in [-0.3, -0.25) is 14.4 Å². The molecule has 3 N–H and O–H groups in total. The molecule has 0 aromatic carbocycles. The van der Waals surface area contributed by atoms with Crippen molar-refractivity contribution >= 4 is 17.6 Å². The highest BCUT2D eigenvalue weighted by Crippen LogP contribution is 2.28. The molecule has 2 amide bonds. The molecule has 0 aliphatic carbocycles. The van der Waals surface area contributed by atoms with E-state index in [1.54, 1.807) is 19.9 Å². The van der Waals surface area contributed by atoms with Crippen molar-refractivity contribution in [3.05, 3.63) is 12.2 Å². The number of allylic oxidation sites excluding steroid dienone is 2. The summed E-state index contributed by atoms with van der Waals surface area (Å²) in [6.45, 7) is 5.45. The van der Waals surface area contributed by atoms with Gasteiger partial charge in [-0.2, -0.15) is 0 Å². The highest BCUT2D eigenvalue weighted by Gasteiger charge is 2.31. The lowest BCUT2D eigenvalue weighted by Gasteiger charge is -2.34. The van der Waals surface area contributed by atoms with Crippen LogP contribution in [0.5, 0.6) is 0 Å². The summed E-state index contributed by atoms with van der Waals surface area (Å²) in [5.41, 5.74) is 0. The fourth-order valence-corrected chi connectivity index (χ4v) is 3.01. The lowest BCUT2D eigenvalue weighted by atomic mass is 9.89. The maximum Gasteiger partial charge on any atom is 0.225 e. The Morgan fingerprint density at radius 2 is 1.96 bits per heavy atom. The highest BCUT2D eigenvalue weighted by molar-refractivity contribution is 5.89. The summed E-state index contributed by atoms with van der Waals surface area (Å²) in [5.74, 6) is -0.854. The maximum absolute atomic E-state index is 12.2. The summed E-state index contributed by atoms with van der Waals surface area (Å²) in [4.78, 5) is 35.4. The van der Waals surface area contributed by atoms with Crippen molar-refractivity contribution in [3.63, 3.8) is 0 Å². The number of aliphatic hydroxyl groups excluding tert-OH is 1. The largest absolute Gasteiger partial charge is 0.390 e. The molecule has 0 radical (unpaired) electrons. The lowest BCUT2D eigenvalue weighted by molar-refractivity contribution is -0.135. The SMILES string of the molecule is C/C=C/C(=O)C[C@@H]1CC[C@@H](C)[C@@H](CC(=O)NC[C@@H](O)[C@@H](C)C(=O)NC)O1. The Kier molecular flexibility index (Phi) is 9.51. The van der Waals surface area contributed by atoms with Crippen LogP contribution in [0.2, 0.25) is 0 Å². The third kappa shape index (κ3) is 7.25. The average Bonchev–Trinajstić information content (AvgIpc) is 2.61. The second-order valence-electron chi connectivity index (χ2n) is 7.00. The van der Waals surface area contributed by atoms with E-state index in [0.29, 0.717) is 6.42 Å². The fourth-order valence-electron chi connectivity index (χ4n) is 3.01. The van der Waals surface area contributed by atoms with Gasteiger partial charge in [-0.05, 0) is 31.8 Å². The highest BCUT2D eigenvalue weighted by atomic mass is 16.5. The molecule has 7 heteroatoms. The summed E-state index contributed by atoms with van der Waals surface area (Å²) in [5, 5.41) is 15.1. The van der Waals surface area contributed by atoms with Crippen molar-refractivity contribution in [2.45, 2.75) is 64.8 Å². The molecule has 0 saturated carbocycles. The van der Waals surface area contributed by atoms with Gasteiger partial charge in [-0.25, -0.2) is 0 Å². The first-order chi connectivity index (χ1) is 12.3. The Labute approximate surface area is 155 Å². The summed E-state index contributed by atoms with van der Waals surface area (Å²) in [6, 6.07) is 0. The van der Waals surface area contributed by atoms with E-state index in [1.165, 1.54) is 13.1 Å². The van der Waals surface area contributed by atoms with Gasteiger partial charge >= 0.3 is 0 Å². The van der Waals surface area contributed by atoms with Gasteiger partial charge in [0, 0.05) is 20.0 Å². The van der Waals surface area contributed by atoms with E-state index in [2.05, 4.69) is 10.6 Å². The molecule has 1 aliphatic heterocycles. The molecular weight excluding hydrogens is 336 g/mol. The van der Waals surface area contributed by atoms with Crippen molar-refractivity contribution in [1.82, 2.24) is 10.6 Å². The number of amides is 2. The van der Waals surface area contributed by atoms with Gasteiger partial charge in [0.1, 0.15) is 0 Å². The van der Waals surface area contributed by atoms with Crippen molar-refractivity contribution in [2.75, 3.05) is 13.6 Å². The van der Waals surface area contributed by atoms with Gasteiger partial charge in [-0.15, -0.1) is 0 Å². The Morgan fingerprint density at radius 1 is 1.27 bits per heavy atom. The van der Waals surface area contributed by atoms with Crippen LogP contribution in [0, 0.1) is 11.8 Å². The molecule has 1 rings (SSSR count). The smallest absolute Gasteiger partial charge is 0.225 e. The molecule has 0 bridgehead atoms. The van der Waals surface area contributed by atoms with Crippen LogP contribution in [0.15, 0.2) is 12.2 Å². The lowest BCUT2D eigenvalue weighted by Crippen LogP contribution is -2.43. The summed E-state index contributed by atoms with van der Waals surface area (Å²) >= 11 is 0. The standard InChI is InChI=1S/C19H32N2O5/c1-5-6-14(22)9-15-8-7-12(2)17(26-15)10-18(24)21-11-16(23)13(3)19(25)20-4/h5-6,12-13,15-17,23H,7-11H2,1-4H3,(H,20,25)(H,21,24)/b6-5+/t12-,13-,15+,16-,17-/m1/s1. The van der Waals surface area contributed by atoms with E-state index in [-0.39, 0.29) is 48.7 Å². The summed E-state index contributed by atoms with van der Waals surface area (Å²) in [6.07, 6.45) is 4.12. The number of ether oxygens (including phenoxy) is 1. The second-order valence-corrected chi connectivity index (χ2v) is 7.00. The molecule has 0 spiro atoms. The number of ketones is 1. The number of carbonyl (C=O) groups excluding carboxylic acids is 3. The van der Waals surface area contributed by atoms with Gasteiger partial charge in [-0.1, -0.05) is 19.9 Å². The van der Waals surface area contributed by atoms with Crippen LogP contribution in [0.4, 0.5) is 0 Å². The molecule has 1 fully saturated rings. The summed E-state index contributed by atoms with van der Waals surface area (Å²) < 4.78 is 5.95. The van der Waals surface area contributed by atoms with E-state index in [0.717, 1.165) is 12.8 Å². The zero-order valence-electron chi connectivity index (χ0n) is 16.2. The van der Waals surface area contributed by atoms with Crippen molar-refractivity contribution in [2.24, 2.45) is 11.8 Å². The van der Waals surface area contributed by atoms with E-state index >= 15 is 0 Å². The molecule has 148 valence electrons. The molecule has 0 aromatic rings. The predicted molar refractivity (Wildman–Crippen MR) is 98.4 cm³/mol. The topological polar surface area (TPSA) is 105 Å². The Bertz CT molecular complexity index is 520. The first kappa shape index (κ1) is 22.3. The van der Waals surface area contributed by atoms with Crippen LogP contribution >= 0.6 is 0 Å². The number of carbonyl (C=O) groups is 3. The molecule has 1 heterocycles. The molecule has 1 aliphatic rings. The van der Waals surface area contributed by atoms with Crippen LogP contribution in [-0.4, -0.2) is 54.6 Å². The van der Waals surface area contributed by atoms with E-state index in [1.807, 2.05) is 6.92 Å². The third-order valence-corrected chi connectivity index (χ3v) is 4.86. The van der Waals surface area contributed by atoms with Gasteiger partial charge in [0.05, 0.1) is 30.7 Å². The quantitative estimate of drug-likeness (QED) is 0.526. The molecule has 0 unspecified atom stereocenters. The van der Waals surface area contributed by atoms with E-state index in [9.17, 15) is 19.5 Å². The number of hydrogen-bond donors (Lipinski definition) is 3. The minimum absolute atomic E-state index is 0.0116. The zero-order valence-corrected chi connectivity index (χ0v) is 16.2. The maximum atomic E-state index is 12.2. The minimum Gasteiger partial charge on any atom is -0.390 e. The van der Waals surface area contributed by atoms with Crippen molar-refractivity contribution in [1.29, 1.82) is 0 Å². The Balaban J connectivity index is 2.46. The first-order valence-corrected chi connectivity index (χ1v) is 9.25. The molecule has 0 aromatic heterocycles. The van der Waals surface area contributed by atoms with Crippen LogP contribution < -0.4 is 10.6 Å². The zero-order chi connectivity index (χ0) is 19.7. The van der Waals surface area contributed by atoms with Crippen LogP contribution in [-0.2, 0) is 19.1 Å². The number of nitrogens with one attached hydrogen (secondary N) is 2. The van der Waals surface area contributed by atoms with Crippen LogP contribution in [0.3, 0.4) is 0 Å². The monoisotopic (exact) mass is 368 g/mol. The normalized spacial score (nSPS) is 25.5. The van der Waals surface area contributed by atoms with Gasteiger partial charge in [0.15, 0.2) is 5.78 Å². The molecule has 1 saturated heterocycles. The van der Waals surface area contributed by atoms with Crippen LogP contribution in [0.1, 0.15) is 46.5 Å². The van der Waals surface area contributed by atoms with Crippen LogP contribution in [0.25, 0.3) is 0 Å². The summed E-state index contributed by atoms with van der Waals surface area (Å²) in [7, 11) is 1.50. The number of aliphatic hydroxyl groups is 1. The first-order valence-electron chi connectivity index (χ1n) is 9.25. The Morgan fingerprint density at radius 3 is 2.58 bits per heavy atom. The van der Waals surface area contributed by atoms with E-state index < -0.39 is 12.0 Å². The van der Waals surface area contributed by atoms with Gasteiger partial charge in [0.2, 0.25) is 11.8 Å². The van der Waals surface area contributed by atoms with Gasteiger partial charge in [0.25, 0.3) is 0 Å². The Hall–Kier alpha value is -1.73. The number of hydrogen-bond acceptors (Lipinski definition) is 5. The number of rotatable bonds is 9. The molecule has 5 atom stereocenters. The second kappa shape index (κ2) is 11.1. The molecule has 26 heavy (non-hydrogen) atoms. The minimum atomic E-state index is -0.949. The van der Waals surface area contributed by atoms with Crippen molar-refractivity contribution in [3.8, 4) is 0 Å². The van der Waals surface area contributed by atoms with E-state index in [4.69, 9.17) is 4.74 Å². The molecular formula is C19H32N2O5. The molecule has 7 nitrogen and oxygen atoms in total.